The Morgan fingerprint density at radius 2 is 0.840 bits per heavy atom. The first-order chi connectivity index (χ1) is 24.8. The molecule has 0 amide bonds. The lowest BCUT2D eigenvalue weighted by Crippen LogP contribution is -2.77. The number of hydrogen-bond acceptors (Lipinski definition) is 5. The zero-order valence-corrected chi connectivity index (χ0v) is 27.9. The van der Waals surface area contributed by atoms with E-state index < -0.39 is 8.07 Å². The van der Waals surface area contributed by atoms with E-state index in [0.29, 0.717) is 22.9 Å². The van der Waals surface area contributed by atoms with Crippen LogP contribution in [0.4, 0.5) is 17.1 Å². The summed E-state index contributed by atoms with van der Waals surface area (Å²) in [6, 6.07) is 62.2. The molecule has 6 heteroatoms. The molecule has 7 aromatic carbocycles. The number of rotatable bonds is 5. The van der Waals surface area contributed by atoms with Crippen molar-refractivity contribution >= 4 is 68.1 Å². The third-order valence-corrected chi connectivity index (χ3v) is 14.7. The molecule has 0 aliphatic carbocycles. The Hall–Kier alpha value is -6.50. The van der Waals surface area contributed by atoms with Crippen LogP contribution >= 0.6 is 0 Å². The van der Waals surface area contributed by atoms with Gasteiger partial charge in [-0.15, -0.1) is 0 Å². The Bertz CT molecular complexity index is 2510. The van der Waals surface area contributed by atoms with Crippen LogP contribution in [0.5, 0.6) is 0 Å². The Labute approximate surface area is 289 Å². The molecule has 0 fully saturated rings. The average Bonchev–Trinajstić information content (AvgIpc) is 3.81. The van der Waals surface area contributed by atoms with Crippen LogP contribution in [0.15, 0.2) is 185 Å². The highest BCUT2D eigenvalue weighted by molar-refractivity contribution is 7.21. The summed E-state index contributed by atoms with van der Waals surface area (Å²) in [6.45, 7) is 0. The molecule has 0 radical (unpaired) electrons. The molecule has 9 aromatic rings. The lowest BCUT2D eigenvalue weighted by molar-refractivity contribution is 0.618. The second-order valence-corrected chi connectivity index (χ2v) is 16.3. The number of para-hydroxylation sites is 2. The van der Waals surface area contributed by atoms with E-state index in [4.69, 9.17) is 18.8 Å². The molecule has 1 aliphatic heterocycles. The number of oxazole rings is 2. The first-order valence-electron chi connectivity index (χ1n) is 16.7. The number of hydrogen-bond donors (Lipinski definition) is 0. The first kappa shape index (κ1) is 28.5. The minimum absolute atomic E-state index is 0.557. The van der Waals surface area contributed by atoms with Crippen molar-refractivity contribution in [3.8, 4) is 22.9 Å². The molecule has 50 heavy (non-hydrogen) atoms. The summed E-state index contributed by atoms with van der Waals surface area (Å²) in [7, 11) is -2.65. The Kier molecular flexibility index (Phi) is 6.44. The molecule has 3 heterocycles. The van der Waals surface area contributed by atoms with Crippen molar-refractivity contribution in [2.24, 2.45) is 0 Å². The highest BCUT2D eigenvalue weighted by atomic mass is 28.3. The molecule has 0 atom stereocenters. The Balaban J connectivity index is 1.07. The fourth-order valence-corrected chi connectivity index (χ4v) is 12.7. The molecule has 236 valence electrons. The van der Waals surface area contributed by atoms with E-state index >= 15 is 0 Å². The Morgan fingerprint density at radius 1 is 0.420 bits per heavy atom. The van der Waals surface area contributed by atoms with E-state index in [-0.39, 0.29) is 0 Å². The second-order valence-electron chi connectivity index (χ2n) is 12.6. The fraction of sp³-hybridized carbons (Fsp3) is 0. The van der Waals surface area contributed by atoms with Crippen LogP contribution in [-0.2, 0) is 0 Å². The predicted octanol–water partition coefficient (Wildman–Crippen LogP) is 8.46. The normalized spacial score (nSPS) is 13.3. The van der Waals surface area contributed by atoms with Gasteiger partial charge < -0.3 is 13.7 Å². The zero-order valence-electron chi connectivity index (χ0n) is 26.9. The highest BCUT2D eigenvalue weighted by Gasteiger charge is 2.48. The van der Waals surface area contributed by atoms with Crippen LogP contribution in [0.1, 0.15) is 0 Å². The highest BCUT2D eigenvalue weighted by Crippen LogP contribution is 2.39. The van der Waals surface area contributed by atoms with Crippen LogP contribution in [0, 0.1) is 0 Å². The van der Waals surface area contributed by atoms with Crippen LogP contribution < -0.4 is 25.6 Å². The molecule has 1 aliphatic rings. The topological polar surface area (TPSA) is 55.3 Å². The predicted molar refractivity (Wildman–Crippen MR) is 204 cm³/mol. The van der Waals surface area contributed by atoms with Crippen molar-refractivity contribution in [2.75, 3.05) is 4.90 Å². The zero-order chi connectivity index (χ0) is 33.1. The van der Waals surface area contributed by atoms with Gasteiger partial charge in [-0.3, -0.25) is 0 Å². The van der Waals surface area contributed by atoms with E-state index in [0.717, 1.165) is 27.8 Å². The summed E-state index contributed by atoms with van der Waals surface area (Å²) < 4.78 is 12.4. The lowest BCUT2D eigenvalue weighted by atomic mass is 10.1. The monoisotopic (exact) mass is 659 g/mol. The third-order valence-electron chi connectivity index (χ3n) is 9.80. The van der Waals surface area contributed by atoms with Crippen LogP contribution in [-0.4, -0.2) is 18.0 Å². The Morgan fingerprint density at radius 3 is 1.34 bits per heavy atom. The summed E-state index contributed by atoms with van der Waals surface area (Å²) in [6.07, 6.45) is 0. The molecule has 0 N–H and O–H groups in total. The molecule has 0 unspecified atom stereocenters. The van der Waals surface area contributed by atoms with Gasteiger partial charge in [0.2, 0.25) is 11.8 Å². The van der Waals surface area contributed by atoms with E-state index in [1.54, 1.807) is 0 Å². The maximum atomic E-state index is 6.30. The summed E-state index contributed by atoms with van der Waals surface area (Å²) in [5.41, 5.74) is 8.12. The standard InChI is InChI=1S/C44H29N3O2Si/c1-4-14-30(15-5-1)43-45-35-28-40-36(29-39(35)48-43)46-44(49-40)31-24-26-32(27-25-31)47-37-20-10-12-22-41(37)50(33-16-6-2-7-17-33,34-18-8-3-9-19-34)42-23-13-11-21-38(42)47/h1-29H. The van der Waals surface area contributed by atoms with Gasteiger partial charge in [-0.05, 0) is 69.3 Å². The summed E-state index contributed by atoms with van der Waals surface area (Å²) >= 11 is 0. The number of anilines is 3. The number of benzene rings is 7. The molecule has 5 nitrogen and oxygen atoms in total. The van der Waals surface area contributed by atoms with E-state index in [9.17, 15) is 0 Å². The van der Waals surface area contributed by atoms with Gasteiger partial charge in [0.15, 0.2) is 19.2 Å². The largest absolute Gasteiger partial charge is 0.436 e. The molecule has 0 bridgehead atoms. The van der Waals surface area contributed by atoms with Gasteiger partial charge in [-0.2, -0.15) is 0 Å². The number of fused-ring (bicyclic) bond motifs is 4. The van der Waals surface area contributed by atoms with Crippen molar-refractivity contribution < 1.29 is 8.83 Å². The minimum Gasteiger partial charge on any atom is -0.436 e. The molecule has 2 aromatic heterocycles. The average molecular weight is 660 g/mol. The summed E-state index contributed by atoms with van der Waals surface area (Å²) in [5.74, 6) is 1.14. The van der Waals surface area contributed by atoms with Gasteiger partial charge >= 0.3 is 0 Å². The third kappa shape index (κ3) is 4.32. The van der Waals surface area contributed by atoms with Gasteiger partial charge in [0.05, 0.1) is 0 Å². The molecule has 0 saturated carbocycles. The van der Waals surface area contributed by atoms with Crippen LogP contribution in [0.25, 0.3) is 45.1 Å². The number of aromatic nitrogens is 2. The molecule has 10 rings (SSSR count). The second kappa shape index (κ2) is 11.3. The van der Waals surface area contributed by atoms with Crippen LogP contribution in [0.2, 0.25) is 0 Å². The van der Waals surface area contributed by atoms with Gasteiger partial charge in [0.1, 0.15) is 11.0 Å². The van der Waals surface area contributed by atoms with Crippen molar-refractivity contribution in [1.82, 2.24) is 9.97 Å². The van der Waals surface area contributed by atoms with E-state index in [1.165, 1.54) is 32.1 Å². The summed E-state index contributed by atoms with van der Waals surface area (Å²) in [5, 5.41) is 5.48. The van der Waals surface area contributed by atoms with Crippen LogP contribution in [0.3, 0.4) is 0 Å². The maximum absolute atomic E-state index is 6.30. The summed E-state index contributed by atoms with van der Waals surface area (Å²) in [4.78, 5) is 12.0. The van der Waals surface area contributed by atoms with Crippen molar-refractivity contribution in [3.63, 3.8) is 0 Å². The first-order valence-corrected chi connectivity index (χ1v) is 18.7. The molecular weight excluding hydrogens is 631 g/mol. The van der Waals surface area contributed by atoms with Crippen molar-refractivity contribution in [3.05, 3.63) is 176 Å². The lowest BCUT2D eigenvalue weighted by Gasteiger charge is -2.45. The van der Waals surface area contributed by atoms with Crippen molar-refractivity contribution in [2.45, 2.75) is 0 Å². The minimum atomic E-state index is -2.65. The van der Waals surface area contributed by atoms with E-state index in [2.05, 4.69) is 138 Å². The SMILES string of the molecule is c1ccc(-c2nc3cc4oc(-c5ccc(N6c7ccccc7[Si](c7ccccc7)(c7ccccc7)c7ccccc76)cc5)nc4cc3o2)cc1. The van der Waals surface area contributed by atoms with Gasteiger partial charge in [-0.1, -0.05) is 115 Å². The maximum Gasteiger partial charge on any atom is 0.227 e. The van der Waals surface area contributed by atoms with Gasteiger partial charge in [0.25, 0.3) is 0 Å². The smallest absolute Gasteiger partial charge is 0.227 e. The van der Waals surface area contributed by atoms with Gasteiger partial charge in [0, 0.05) is 40.3 Å². The number of nitrogens with zero attached hydrogens (tertiary/aromatic N) is 3. The van der Waals surface area contributed by atoms with Gasteiger partial charge in [-0.25, -0.2) is 9.97 Å². The molecule has 0 spiro atoms. The van der Waals surface area contributed by atoms with E-state index in [1.807, 2.05) is 42.5 Å². The molecule has 0 saturated heterocycles. The quantitative estimate of drug-likeness (QED) is 0.174. The fourth-order valence-electron chi connectivity index (χ4n) is 7.62. The van der Waals surface area contributed by atoms with Crippen molar-refractivity contribution in [1.29, 1.82) is 0 Å². The molecular formula is C44H29N3O2Si.